The molecule has 0 unspecified atom stereocenters. The Balaban J connectivity index is 2.07. The Morgan fingerprint density at radius 2 is 1.68 bits per heavy atom. The zero-order valence-electron chi connectivity index (χ0n) is 14.6. The summed E-state index contributed by atoms with van der Waals surface area (Å²) in [7, 11) is 0. The van der Waals surface area contributed by atoms with Crippen LogP contribution in [0.1, 0.15) is 23.7 Å². The molecule has 0 radical (unpaired) electrons. The topological polar surface area (TPSA) is 55.1 Å². The molecule has 0 atom stereocenters. The first-order valence-corrected chi connectivity index (χ1v) is 8.54. The van der Waals surface area contributed by atoms with Crippen LogP contribution in [0.15, 0.2) is 59.4 Å². The monoisotopic (exact) mass is 334 g/mol. The summed E-state index contributed by atoms with van der Waals surface area (Å²) >= 11 is 0. The number of nitrogens with zero attached hydrogens (tertiary/aromatic N) is 2. The Kier molecular flexibility index (Phi) is 4.98. The maximum absolute atomic E-state index is 12.7. The number of hydrogen-bond acceptors (Lipinski definition) is 3. The van der Waals surface area contributed by atoms with Crippen molar-refractivity contribution in [1.82, 2.24) is 9.78 Å². The fourth-order valence-corrected chi connectivity index (χ4v) is 3.00. The van der Waals surface area contributed by atoms with Crippen molar-refractivity contribution in [2.45, 2.75) is 33.2 Å². The molecular weight excluding hydrogens is 312 g/mol. The van der Waals surface area contributed by atoms with Crippen molar-refractivity contribution in [3.63, 3.8) is 0 Å². The van der Waals surface area contributed by atoms with E-state index in [1.54, 1.807) is 0 Å². The quantitative estimate of drug-likeness (QED) is 0.773. The minimum atomic E-state index is -0.252. The molecule has 4 heteroatoms. The fourth-order valence-electron chi connectivity index (χ4n) is 3.00. The van der Waals surface area contributed by atoms with Gasteiger partial charge in [0.15, 0.2) is 5.75 Å². The summed E-state index contributed by atoms with van der Waals surface area (Å²) in [6.45, 7) is 4.29. The number of benzene rings is 2. The van der Waals surface area contributed by atoms with Gasteiger partial charge in [0, 0.05) is 6.54 Å². The number of aryl methyl sites for hydroxylation is 4. The largest absolute Gasteiger partial charge is 0.505 e. The summed E-state index contributed by atoms with van der Waals surface area (Å²) in [4.78, 5) is 12.7. The molecule has 1 N–H and O–H groups in total. The van der Waals surface area contributed by atoms with Gasteiger partial charge in [-0.2, -0.15) is 5.10 Å². The van der Waals surface area contributed by atoms with Gasteiger partial charge in [0.1, 0.15) is 5.69 Å². The summed E-state index contributed by atoms with van der Waals surface area (Å²) in [6, 6.07) is 17.7. The highest BCUT2D eigenvalue weighted by atomic mass is 16.3. The van der Waals surface area contributed by atoms with Crippen LogP contribution < -0.4 is 5.56 Å². The van der Waals surface area contributed by atoms with Crippen LogP contribution in [0.5, 0.6) is 5.75 Å². The van der Waals surface area contributed by atoms with Crippen LogP contribution in [0.25, 0.3) is 11.1 Å². The van der Waals surface area contributed by atoms with Gasteiger partial charge in [0.2, 0.25) is 0 Å². The standard InChI is InChI=1S/C21H22N2O2/c1-3-23-21(25)19(17-12-8-7-9-15(17)2)20(24)18(22-23)14-13-16-10-5-4-6-11-16/h4-12,24H,3,13-14H2,1-2H3. The van der Waals surface area contributed by atoms with Gasteiger partial charge >= 0.3 is 0 Å². The second-order valence-electron chi connectivity index (χ2n) is 6.09. The molecule has 0 saturated carbocycles. The summed E-state index contributed by atoms with van der Waals surface area (Å²) in [5, 5.41) is 15.1. The van der Waals surface area contributed by atoms with E-state index in [0.717, 1.165) is 17.5 Å². The van der Waals surface area contributed by atoms with Gasteiger partial charge in [-0.15, -0.1) is 0 Å². The van der Waals surface area contributed by atoms with Crippen LogP contribution in [0.4, 0.5) is 0 Å². The Bertz CT molecular complexity index is 930. The molecule has 0 aliphatic heterocycles. The van der Waals surface area contributed by atoms with Crippen LogP contribution in [-0.4, -0.2) is 14.9 Å². The van der Waals surface area contributed by atoms with Gasteiger partial charge in [-0.25, -0.2) is 4.68 Å². The SMILES string of the molecule is CCn1nc(CCc2ccccc2)c(O)c(-c2ccccc2C)c1=O. The fraction of sp³-hybridized carbons (Fsp3) is 0.238. The number of hydrogen-bond donors (Lipinski definition) is 1. The van der Waals surface area contributed by atoms with Crippen molar-refractivity contribution in [3.8, 4) is 16.9 Å². The summed E-state index contributed by atoms with van der Waals surface area (Å²) in [6.07, 6.45) is 1.34. The first-order valence-electron chi connectivity index (χ1n) is 8.54. The molecule has 1 aromatic heterocycles. The molecule has 0 fully saturated rings. The Morgan fingerprint density at radius 1 is 1.00 bits per heavy atom. The Labute approximate surface area is 147 Å². The lowest BCUT2D eigenvalue weighted by molar-refractivity contribution is 0.451. The highest BCUT2D eigenvalue weighted by Gasteiger charge is 2.19. The number of aromatic nitrogens is 2. The molecule has 3 aromatic rings. The zero-order chi connectivity index (χ0) is 17.8. The average molecular weight is 334 g/mol. The predicted octanol–water partition coefficient (Wildman–Crippen LogP) is 3.73. The van der Waals surface area contributed by atoms with Gasteiger partial charge in [-0.05, 0) is 43.4 Å². The van der Waals surface area contributed by atoms with E-state index in [9.17, 15) is 9.90 Å². The van der Waals surface area contributed by atoms with Crippen molar-refractivity contribution in [3.05, 3.63) is 81.8 Å². The van der Waals surface area contributed by atoms with Crippen LogP contribution >= 0.6 is 0 Å². The number of rotatable bonds is 5. The van der Waals surface area contributed by atoms with E-state index in [1.165, 1.54) is 10.2 Å². The average Bonchev–Trinajstić information content (AvgIpc) is 2.63. The Hall–Kier alpha value is -2.88. The molecule has 0 aliphatic carbocycles. The van der Waals surface area contributed by atoms with Crippen molar-refractivity contribution in [2.24, 2.45) is 0 Å². The molecule has 0 saturated heterocycles. The van der Waals surface area contributed by atoms with Crippen LogP contribution in [0, 0.1) is 6.92 Å². The molecule has 4 nitrogen and oxygen atoms in total. The maximum Gasteiger partial charge on any atom is 0.278 e. The van der Waals surface area contributed by atoms with Crippen molar-refractivity contribution in [1.29, 1.82) is 0 Å². The van der Waals surface area contributed by atoms with E-state index >= 15 is 0 Å². The molecular formula is C21H22N2O2. The molecule has 2 aromatic carbocycles. The summed E-state index contributed by atoms with van der Waals surface area (Å²) in [5.41, 5.74) is 3.54. The molecule has 0 spiro atoms. The Morgan fingerprint density at radius 3 is 2.36 bits per heavy atom. The summed E-state index contributed by atoms with van der Waals surface area (Å²) < 4.78 is 1.43. The van der Waals surface area contributed by atoms with Crippen molar-refractivity contribution >= 4 is 0 Å². The third kappa shape index (κ3) is 3.48. The number of aromatic hydroxyl groups is 1. The maximum atomic E-state index is 12.7. The molecule has 25 heavy (non-hydrogen) atoms. The van der Waals surface area contributed by atoms with Crippen molar-refractivity contribution < 1.29 is 5.11 Å². The third-order valence-electron chi connectivity index (χ3n) is 4.41. The molecule has 3 rings (SSSR count). The van der Waals surface area contributed by atoms with Gasteiger partial charge < -0.3 is 5.11 Å². The molecule has 0 aliphatic rings. The lowest BCUT2D eigenvalue weighted by atomic mass is 9.99. The first kappa shape index (κ1) is 17.0. The lowest BCUT2D eigenvalue weighted by Gasteiger charge is -2.14. The molecule has 0 amide bonds. The third-order valence-corrected chi connectivity index (χ3v) is 4.41. The predicted molar refractivity (Wildman–Crippen MR) is 99.9 cm³/mol. The second-order valence-corrected chi connectivity index (χ2v) is 6.09. The highest BCUT2D eigenvalue weighted by molar-refractivity contribution is 5.72. The van der Waals surface area contributed by atoms with Crippen LogP contribution in [0.3, 0.4) is 0 Å². The van der Waals surface area contributed by atoms with Gasteiger partial charge in [0.25, 0.3) is 5.56 Å². The minimum Gasteiger partial charge on any atom is -0.505 e. The smallest absolute Gasteiger partial charge is 0.278 e. The summed E-state index contributed by atoms with van der Waals surface area (Å²) in [5.74, 6) is -0.0000638. The molecule has 128 valence electrons. The highest BCUT2D eigenvalue weighted by Crippen LogP contribution is 2.30. The second kappa shape index (κ2) is 7.34. The lowest BCUT2D eigenvalue weighted by Crippen LogP contribution is -2.25. The van der Waals surface area contributed by atoms with E-state index in [0.29, 0.717) is 24.2 Å². The minimum absolute atomic E-state index is 0.0000638. The van der Waals surface area contributed by atoms with E-state index in [2.05, 4.69) is 17.2 Å². The normalized spacial score (nSPS) is 10.8. The van der Waals surface area contributed by atoms with E-state index in [1.807, 2.05) is 56.3 Å². The van der Waals surface area contributed by atoms with Gasteiger partial charge in [-0.3, -0.25) is 4.79 Å². The zero-order valence-corrected chi connectivity index (χ0v) is 14.6. The van der Waals surface area contributed by atoms with Crippen LogP contribution in [0.2, 0.25) is 0 Å². The molecule has 1 heterocycles. The van der Waals surface area contributed by atoms with Crippen molar-refractivity contribution in [2.75, 3.05) is 0 Å². The van der Waals surface area contributed by atoms with E-state index in [4.69, 9.17) is 0 Å². The van der Waals surface area contributed by atoms with Gasteiger partial charge in [-0.1, -0.05) is 54.6 Å². The van der Waals surface area contributed by atoms with E-state index < -0.39 is 0 Å². The van der Waals surface area contributed by atoms with Gasteiger partial charge in [0.05, 0.1) is 5.56 Å². The van der Waals surface area contributed by atoms with E-state index in [-0.39, 0.29) is 11.3 Å². The van der Waals surface area contributed by atoms with Crippen LogP contribution in [-0.2, 0) is 19.4 Å². The molecule has 0 bridgehead atoms. The first-order chi connectivity index (χ1) is 12.1.